The first kappa shape index (κ1) is 15.5. The van der Waals surface area contributed by atoms with Crippen LogP contribution in [0.15, 0.2) is 16.7 Å². The highest BCUT2D eigenvalue weighted by molar-refractivity contribution is 5.92. The lowest BCUT2D eigenvalue weighted by Crippen LogP contribution is -2.51. The Hall–Kier alpha value is -1.86. The maximum absolute atomic E-state index is 11.8. The zero-order chi connectivity index (χ0) is 15.1. The van der Waals surface area contributed by atoms with Crippen LogP contribution in [0.3, 0.4) is 0 Å². The molecule has 1 aliphatic rings. The number of morpholine rings is 1. The third-order valence-electron chi connectivity index (χ3n) is 3.24. The lowest BCUT2D eigenvalue weighted by atomic mass is 10.2. The molecule has 3 N–H and O–H groups in total. The van der Waals surface area contributed by atoms with Crippen LogP contribution in [0.5, 0.6) is 0 Å². The predicted octanol–water partition coefficient (Wildman–Crippen LogP) is -0.187. The third-order valence-corrected chi connectivity index (χ3v) is 3.24. The molecule has 0 aromatic carbocycles. The normalized spacial score (nSPS) is 18.2. The van der Waals surface area contributed by atoms with Gasteiger partial charge in [-0.15, -0.1) is 0 Å². The van der Waals surface area contributed by atoms with Crippen molar-refractivity contribution in [2.24, 2.45) is 0 Å². The molecule has 1 atom stereocenters. The standard InChI is InChI=1S/C14H21N3O4/c1-10-3-7-21-12(10)14(19)17-5-2-4-16-13(18)11-9-20-8-6-15-11/h3,7,11,15H,2,4-6,8-9H2,1H3,(H,16,18)(H,17,19). The van der Waals surface area contributed by atoms with Crippen LogP contribution in [0.1, 0.15) is 22.5 Å². The van der Waals surface area contributed by atoms with E-state index in [0.717, 1.165) is 5.56 Å². The van der Waals surface area contributed by atoms with Crippen LogP contribution in [0, 0.1) is 6.92 Å². The second kappa shape index (κ2) is 7.80. The summed E-state index contributed by atoms with van der Waals surface area (Å²) in [6.45, 7) is 4.54. The van der Waals surface area contributed by atoms with Crippen molar-refractivity contribution in [2.75, 3.05) is 32.8 Å². The molecule has 0 bridgehead atoms. The summed E-state index contributed by atoms with van der Waals surface area (Å²) in [5.41, 5.74) is 0.809. The molecule has 116 valence electrons. The smallest absolute Gasteiger partial charge is 0.287 e. The molecular formula is C14H21N3O4. The summed E-state index contributed by atoms with van der Waals surface area (Å²) in [5.74, 6) is 0.0386. The van der Waals surface area contributed by atoms with E-state index in [4.69, 9.17) is 9.15 Å². The van der Waals surface area contributed by atoms with Crippen LogP contribution in [0.2, 0.25) is 0 Å². The molecule has 7 heteroatoms. The predicted molar refractivity (Wildman–Crippen MR) is 76.0 cm³/mol. The number of aryl methyl sites for hydroxylation is 1. The average molecular weight is 295 g/mol. The number of amides is 2. The van der Waals surface area contributed by atoms with Gasteiger partial charge in [0.05, 0.1) is 19.5 Å². The minimum atomic E-state index is -0.279. The van der Waals surface area contributed by atoms with Crippen LogP contribution in [0.4, 0.5) is 0 Å². The Bertz CT molecular complexity index is 480. The molecule has 1 unspecified atom stereocenters. The molecule has 1 aliphatic heterocycles. The minimum absolute atomic E-state index is 0.0668. The first-order valence-electron chi connectivity index (χ1n) is 7.09. The highest BCUT2D eigenvalue weighted by Crippen LogP contribution is 2.07. The zero-order valence-corrected chi connectivity index (χ0v) is 12.1. The molecule has 21 heavy (non-hydrogen) atoms. The van der Waals surface area contributed by atoms with Crippen molar-refractivity contribution in [1.82, 2.24) is 16.0 Å². The molecule has 0 saturated carbocycles. The number of furan rings is 1. The highest BCUT2D eigenvalue weighted by Gasteiger charge is 2.20. The van der Waals surface area contributed by atoms with Crippen molar-refractivity contribution in [3.05, 3.63) is 23.7 Å². The van der Waals surface area contributed by atoms with Gasteiger partial charge in [-0.05, 0) is 19.4 Å². The highest BCUT2D eigenvalue weighted by atomic mass is 16.5. The van der Waals surface area contributed by atoms with E-state index in [0.29, 0.717) is 45.0 Å². The van der Waals surface area contributed by atoms with Gasteiger partial charge in [-0.2, -0.15) is 0 Å². The molecule has 0 spiro atoms. The second-order valence-electron chi connectivity index (χ2n) is 4.91. The van der Waals surface area contributed by atoms with E-state index in [9.17, 15) is 9.59 Å². The molecule has 0 radical (unpaired) electrons. The number of ether oxygens (including phenoxy) is 1. The number of hydrogen-bond donors (Lipinski definition) is 3. The van der Waals surface area contributed by atoms with Gasteiger partial charge in [0.1, 0.15) is 6.04 Å². The Labute approximate surface area is 123 Å². The Kier molecular flexibility index (Phi) is 5.77. The molecule has 2 rings (SSSR count). The Morgan fingerprint density at radius 1 is 1.38 bits per heavy atom. The number of carbonyl (C=O) groups excluding carboxylic acids is 2. The van der Waals surface area contributed by atoms with Gasteiger partial charge in [0.15, 0.2) is 5.76 Å². The van der Waals surface area contributed by atoms with Crippen LogP contribution in [-0.2, 0) is 9.53 Å². The van der Waals surface area contributed by atoms with Gasteiger partial charge in [0.2, 0.25) is 5.91 Å². The first-order chi connectivity index (χ1) is 10.2. The molecule has 2 amide bonds. The summed E-state index contributed by atoms with van der Waals surface area (Å²) in [4.78, 5) is 23.5. The Morgan fingerprint density at radius 3 is 2.86 bits per heavy atom. The van der Waals surface area contributed by atoms with E-state index in [1.807, 2.05) is 6.92 Å². The van der Waals surface area contributed by atoms with Crippen molar-refractivity contribution in [1.29, 1.82) is 0 Å². The van der Waals surface area contributed by atoms with Gasteiger partial charge in [0.25, 0.3) is 5.91 Å². The van der Waals surface area contributed by atoms with Crippen LogP contribution < -0.4 is 16.0 Å². The van der Waals surface area contributed by atoms with Crippen LogP contribution >= 0.6 is 0 Å². The fourth-order valence-corrected chi connectivity index (χ4v) is 2.04. The SMILES string of the molecule is Cc1ccoc1C(=O)NCCCNC(=O)C1COCCN1. The minimum Gasteiger partial charge on any atom is -0.459 e. The Morgan fingerprint density at radius 2 is 2.19 bits per heavy atom. The lowest BCUT2D eigenvalue weighted by Gasteiger charge is -2.22. The van der Waals surface area contributed by atoms with Crippen molar-refractivity contribution in [2.45, 2.75) is 19.4 Å². The monoisotopic (exact) mass is 295 g/mol. The van der Waals surface area contributed by atoms with Crippen molar-refractivity contribution >= 4 is 11.8 Å². The molecule has 1 aromatic rings. The van der Waals surface area contributed by atoms with Gasteiger partial charge in [0, 0.05) is 25.2 Å². The Balaban J connectivity index is 1.58. The summed E-state index contributed by atoms with van der Waals surface area (Å²) < 4.78 is 10.3. The first-order valence-corrected chi connectivity index (χ1v) is 7.09. The molecular weight excluding hydrogens is 274 g/mol. The number of hydrogen-bond acceptors (Lipinski definition) is 5. The molecule has 1 aromatic heterocycles. The maximum atomic E-state index is 11.8. The topological polar surface area (TPSA) is 92.6 Å². The van der Waals surface area contributed by atoms with Crippen molar-refractivity contribution < 1.29 is 18.7 Å². The largest absolute Gasteiger partial charge is 0.459 e. The summed E-state index contributed by atoms with van der Waals surface area (Å²) in [6, 6.07) is 1.47. The number of rotatable bonds is 6. The number of carbonyl (C=O) groups is 2. The molecule has 7 nitrogen and oxygen atoms in total. The third kappa shape index (κ3) is 4.57. The lowest BCUT2D eigenvalue weighted by molar-refractivity contribution is -0.125. The van der Waals surface area contributed by atoms with Crippen molar-refractivity contribution in [3.63, 3.8) is 0 Å². The average Bonchev–Trinajstić information content (AvgIpc) is 2.93. The fourth-order valence-electron chi connectivity index (χ4n) is 2.04. The van der Waals surface area contributed by atoms with E-state index < -0.39 is 0 Å². The van der Waals surface area contributed by atoms with Crippen LogP contribution in [-0.4, -0.2) is 50.7 Å². The quantitative estimate of drug-likeness (QED) is 0.633. The summed E-state index contributed by atoms with van der Waals surface area (Å²) in [5, 5.41) is 8.65. The van der Waals surface area contributed by atoms with E-state index in [1.54, 1.807) is 6.07 Å². The molecule has 1 fully saturated rings. The molecule has 1 saturated heterocycles. The number of nitrogens with one attached hydrogen (secondary N) is 3. The van der Waals surface area contributed by atoms with E-state index in [2.05, 4.69) is 16.0 Å². The molecule has 2 heterocycles. The van der Waals surface area contributed by atoms with E-state index in [-0.39, 0.29) is 17.9 Å². The zero-order valence-electron chi connectivity index (χ0n) is 12.1. The van der Waals surface area contributed by atoms with Crippen LogP contribution in [0.25, 0.3) is 0 Å². The van der Waals surface area contributed by atoms with Gasteiger partial charge < -0.3 is 25.1 Å². The van der Waals surface area contributed by atoms with Gasteiger partial charge >= 0.3 is 0 Å². The van der Waals surface area contributed by atoms with Gasteiger partial charge in [-0.3, -0.25) is 9.59 Å². The van der Waals surface area contributed by atoms with Gasteiger partial charge in [-0.1, -0.05) is 0 Å². The summed E-state index contributed by atoms with van der Waals surface area (Å²) in [7, 11) is 0. The van der Waals surface area contributed by atoms with E-state index >= 15 is 0 Å². The van der Waals surface area contributed by atoms with Gasteiger partial charge in [-0.25, -0.2) is 0 Å². The summed E-state index contributed by atoms with van der Waals surface area (Å²) in [6.07, 6.45) is 2.15. The molecule has 0 aliphatic carbocycles. The van der Waals surface area contributed by atoms with E-state index in [1.165, 1.54) is 6.26 Å². The van der Waals surface area contributed by atoms with Crippen molar-refractivity contribution in [3.8, 4) is 0 Å². The maximum Gasteiger partial charge on any atom is 0.287 e. The second-order valence-corrected chi connectivity index (χ2v) is 4.91. The summed E-state index contributed by atoms with van der Waals surface area (Å²) >= 11 is 0. The fraction of sp³-hybridized carbons (Fsp3) is 0.571.